The van der Waals surface area contributed by atoms with Crippen LogP contribution in [-0.4, -0.2) is 53.2 Å². The monoisotopic (exact) mass is 384 g/mol. The molecule has 1 heterocycles. The molecule has 0 saturated carbocycles. The van der Waals surface area contributed by atoms with Gasteiger partial charge in [0, 0.05) is 40.0 Å². The van der Waals surface area contributed by atoms with Gasteiger partial charge in [0.1, 0.15) is 10.7 Å². The number of ether oxygens (including phenoxy) is 2. The number of nitrogens with two attached hydrogens (primary N) is 1. The second-order valence-electron chi connectivity index (χ2n) is 4.30. The van der Waals surface area contributed by atoms with E-state index in [1.54, 1.807) is 7.11 Å². The van der Waals surface area contributed by atoms with Gasteiger partial charge in [-0.2, -0.15) is 4.31 Å². The van der Waals surface area contributed by atoms with Crippen LogP contribution < -0.4 is 5.73 Å². The van der Waals surface area contributed by atoms with Gasteiger partial charge in [-0.25, -0.2) is 8.42 Å². The highest BCUT2D eigenvalue weighted by atomic mass is 79.9. The number of methoxy groups -OCH3 is 2. The van der Waals surface area contributed by atoms with Crippen molar-refractivity contribution in [3.8, 4) is 0 Å². The van der Waals surface area contributed by atoms with Crippen molar-refractivity contribution in [1.82, 2.24) is 4.31 Å². The molecule has 0 saturated heterocycles. The molecule has 0 spiro atoms. The molecule has 0 aliphatic heterocycles. The molecule has 1 aromatic rings. The Kier molecular flexibility index (Phi) is 7.85. The molecule has 9 heteroatoms. The van der Waals surface area contributed by atoms with Crippen LogP contribution in [0.15, 0.2) is 20.0 Å². The average Bonchev–Trinajstić information content (AvgIpc) is 2.84. The minimum Gasteiger partial charge on any atom is -0.452 e. The number of halogens is 1. The van der Waals surface area contributed by atoms with E-state index in [9.17, 15) is 8.42 Å². The number of hydrogen-bond acceptors (Lipinski definition) is 6. The van der Waals surface area contributed by atoms with Crippen LogP contribution in [0.5, 0.6) is 0 Å². The first kappa shape index (κ1) is 18.6. The summed E-state index contributed by atoms with van der Waals surface area (Å²) in [7, 11) is -0.567. The van der Waals surface area contributed by atoms with Crippen molar-refractivity contribution in [1.29, 1.82) is 0 Å². The first-order valence-electron chi connectivity index (χ1n) is 6.43. The van der Waals surface area contributed by atoms with Crippen molar-refractivity contribution in [2.45, 2.75) is 17.9 Å². The van der Waals surface area contributed by atoms with Crippen molar-refractivity contribution in [3.63, 3.8) is 0 Å². The zero-order chi connectivity index (χ0) is 15.9. The van der Waals surface area contributed by atoms with Gasteiger partial charge in [0.05, 0.1) is 13.2 Å². The smallest absolute Gasteiger partial charge is 0.247 e. The number of rotatable bonds is 10. The number of sulfonamides is 1. The van der Waals surface area contributed by atoms with Crippen molar-refractivity contribution >= 4 is 26.0 Å². The minimum absolute atomic E-state index is 0.0801. The summed E-state index contributed by atoms with van der Waals surface area (Å²) in [5.74, 6) is 0.407. The van der Waals surface area contributed by atoms with Gasteiger partial charge < -0.3 is 19.6 Å². The standard InChI is InChI=1S/C12H21BrN2O5S/c1-18-6-3-4-15(5-7-19-2)21(16,17)11-8-10(9-14)20-12(11)13/h8H,3-7,9,14H2,1-2H3. The van der Waals surface area contributed by atoms with Gasteiger partial charge in [0.2, 0.25) is 10.0 Å². The Labute approximate surface area is 133 Å². The lowest BCUT2D eigenvalue weighted by Gasteiger charge is -2.21. The highest BCUT2D eigenvalue weighted by Gasteiger charge is 2.29. The van der Waals surface area contributed by atoms with Gasteiger partial charge in [-0.1, -0.05) is 0 Å². The third-order valence-corrected chi connectivity index (χ3v) is 5.58. The van der Waals surface area contributed by atoms with Crippen LogP contribution in [-0.2, 0) is 26.0 Å². The third kappa shape index (κ3) is 5.04. The molecule has 2 N–H and O–H groups in total. The summed E-state index contributed by atoms with van der Waals surface area (Å²) in [6.07, 6.45) is 0.596. The van der Waals surface area contributed by atoms with E-state index in [4.69, 9.17) is 19.6 Å². The maximum Gasteiger partial charge on any atom is 0.247 e. The molecule has 0 aliphatic carbocycles. The summed E-state index contributed by atoms with van der Waals surface area (Å²) in [5.41, 5.74) is 5.47. The molecule has 0 aromatic carbocycles. The Morgan fingerprint density at radius 1 is 1.29 bits per heavy atom. The molecule has 7 nitrogen and oxygen atoms in total. The molecule has 1 rings (SSSR count). The molecule has 0 amide bonds. The lowest BCUT2D eigenvalue weighted by Crippen LogP contribution is -2.35. The van der Waals surface area contributed by atoms with E-state index in [1.165, 1.54) is 17.5 Å². The first-order valence-corrected chi connectivity index (χ1v) is 8.67. The zero-order valence-corrected chi connectivity index (χ0v) is 14.6. The number of hydrogen-bond donors (Lipinski definition) is 1. The molecular formula is C12H21BrN2O5S. The molecule has 1 aromatic heterocycles. The first-order chi connectivity index (χ1) is 9.97. The Bertz CT molecular complexity index is 532. The fourth-order valence-electron chi connectivity index (χ4n) is 1.74. The average molecular weight is 385 g/mol. The molecule has 122 valence electrons. The van der Waals surface area contributed by atoms with Crippen LogP contribution in [0.3, 0.4) is 0 Å². The van der Waals surface area contributed by atoms with Gasteiger partial charge >= 0.3 is 0 Å². The van der Waals surface area contributed by atoms with Gasteiger partial charge in [-0.05, 0) is 22.4 Å². The number of furan rings is 1. The van der Waals surface area contributed by atoms with E-state index in [0.717, 1.165) is 0 Å². The second-order valence-corrected chi connectivity index (χ2v) is 6.92. The lowest BCUT2D eigenvalue weighted by atomic mass is 10.4. The lowest BCUT2D eigenvalue weighted by molar-refractivity contribution is 0.164. The maximum absolute atomic E-state index is 12.7. The third-order valence-electron chi connectivity index (χ3n) is 2.83. The van der Waals surface area contributed by atoms with Crippen LogP contribution in [0, 0.1) is 0 Å². The molecule has 0 aliphatic rings. The molecule has 0 bridgehead atoms. The van der Waals surface area contributed by atoms with Crippen LogP contribution >= 0.6 is 15.9 Å². The van der Waals surface area contributed by atoms with E-state index in [1.807, 2.05) is 0 Å². The molecule has 0 atom stereocenters. The SMILES string of the molecule is COCCCN(CCOC)S(=O)(=O)c1cc(CN)oc1Br. The highest BCUT2D eigenvalue weighted by Crippen LogP contribution is 2.28. The van der Waals surface area contributed by atoms with Gasteiger partial charge in [-0.15, -0.1) is 0 Å². The van der Waals surface area contributed by atoms with Crippen LogP contribution in [0.2, 0.25) is 0 Å². The van der Waals surface area contributed by atoms with Crippen molar-refractivity contribution in [2.24, 2.45) is 5.73 Å². The largest absolute Gasteiger partial charge is 0.452 e. The van der Waals surface area contributed by atoms with E-state index >= 15 is 0 Å². The summed E-state index contributed by atoms with van der Waals surface area (Å²) in [5, 5.41) is 0. The Morgan fingerprint density at radius 3 is 2.48 bits per heavy atom. The predicted molar refractivity (Wildman–Crippen MR) is 81.4 cm³/mol. The van der Waals surface area contributed by atoms with Crippen molar-refractivity contribution < 1.29 is 22.3 Å². The minimum atomic E-state index is -3.67. The normalized spacial score (nSPS) is 12.2. The summed E-state index contributed by atoms with van der Waals surface area (Å²) >= 11 is 3.13. The summed E-state index contributed by atoms with van der Waals surface area (Å²) in [6.45, 7) is 1.54. The van der Waals surface area contributed by atoms with Crippen molar-refractivity contribution in [3.05, 3.63) is 16.5 Å². The zero-order valence-electron chi connectivity index (χ0n) is 12.2. The molecular weight excluding hydrogens is 364 g/mol. The predicted octanol–water partition coefficient (Wildman–Crippen LogP) is 1.17. The number of nitrogens with zero attached hydrogens (tertiary/aromatic N) is 1. The van der Waals surface area contributed by atoms with Crippen LogP contribution in [0.4, 0.5) is 0 Å². The fraction of sp³-hybridized carbons (Fsp3) is 0.667. The van der Waals surface area contributed by atoms with Crippen LogP contribution in [0.25, 0.3) is 0 Å². The topological polar surface area (TPSA) is 95.0 Å². The van der Waals surface area contributed by atoms with E-state index in [0.29, 0.717) is 31.9 Å². The summed E-state index contributed by atoms with van der Waals surface area (Å²) in [4.78, 5) is 0.0801. The summed E-state index contributed by atoms with van der Waals surface area (Å²) in [6, 6.07) is 1.44. The Balaban J connectivity index is 2.98. The van der Waals surface area contributed by atoms with E-state index < -0.39 is 10.0 Å². The van der Waals surface area contributed by atoms with E-state index in [-0.39, 0.29) is 22.7 Å². The molecule has 0 unspecified atom stereocenters. The van der Waals surface area contributed by atoms with Gasteiger partial charge in [-0.3, -0.25) is 0 Å². The maximum atomic E-state index is 12.7. The highest BCUT2D eigenvalue weighted by molar-refractivity contribution is 9.10. The second kappa shape index (κ2) is 8.86. The summed E-state index contributed by atoms with van der Waals surface area (Å²) < 4.78 is 42.1. The van der Waals surface area contributed by atoms with Crippen molar-refractivity contribution in [2.75, 3.05) is 40.5 Å². The molecule has 0 radical (unpaired) electrons. The van der Waals surface area contributed by atoms with Crippen LogP contribution in [0.1, 0.15) is 12.2 Å². The van der Waals surface area contributed by atoms with E-state index in [2.05, 4.69) is 15.9 Å². The quantitative estimate of drug-likeness (QED) is 0.608. The Hall–Kier alpha value is -0.450. The van der Waals surface area contributed by atoms with Gasteiger partial charge in [0.15, 0.2) is 4.67 Å². The molecule has 21 heavy (non-hydrogen) atoms. The van der Waals surface area contributed by atoms with Gasteiger partial charge in [0.25, 0.3) is 0 Å². The molecule has 0 fully saturated rings. The Morgan fingerprint density at radius 2 is 1.95 bits per heavy atom. The fourth-order valence-corrected chi connectivity index (χ4v) is 4.17.